The monoisotopic (exact) mass is 424 g/mol. The lowest BCUT2D eigenvalue weighted by Gasteiger charge is -2.19. The third kappa shape index (κ3) is 7.58. The SMILES string of the molecule is CC(C)(C)OC(=O)NCCOCCc1ccccc1Nc1c(Cl)cccc1Cl. The van der Waals surface area contributed by atoms with E-state index in [0.29, 0.717) is 41.9 Å². The molecule has 0 spiro atoms. The summed E-state index contributed by atoms with van der Waals surface area (Å²) in [6, 6.07) is 13.3. The molecule has 152 valence electrons. The first-order chi connectivity index (χ1) is 13.3. The van der Waals surface area contributed by atoms with Crippen molar-refractivity contribution in [1.82, 2.24) is 5.32 Å². The number of amides is 1. The van der Waals surface area contributed by atoms with Crippen LogP contribution in [0.4, 0.5) is 16.2 Å². The molecule has 0 unspecified atom stereocenters. The van der Waals surface area contributed by atoms with Gasteiger partial charge in [0.1, 0.15) is 5.60 Å². The predicted molar refractivity (Wildman–Crippen MR) is 115 cm³/mol. The summed E-state index contributed by atoms with van der Waals surface area (Å²) < 4.78 is 10.8. The molecule has 0 bridgehead atoms. The summed E-state index contributed by atoms with van der Waals surface area (Å²) in [5, 5.41) is 7.10. The molecule has 0 heterocycles. The zero-order valence-electron chi connectivity index (χ0n) is 16.4. The molecule has 0 atom stereocenters. The van der Waals surface area contributed by atoms with Gasteiger partial charge in [0.25, 0.3) is 0 Å². The molecule has 5 nitrogen and oxygen atoms in total. The quantitative estimate of drug-likeness (QED) is 0.523. The van der Waals surface area contributed by atoms with E-state index >= 15 is 0 Å². The van der Waals surface area contributed by atoms with Crippen LogP contribution in [0.5, 0.6) is 0 Å². The standard InChI is InChI=1S/C21H26Cl2N2O3/c1-21(2,3)28-20(26)24-12-14-27-13-11-15-7-4-5-10-18(15)25-19-16(22)8-6-9-17(19)23/h4-10,25H,11-14H2,1-3H3,(H,24,26). The molecule has 0 aromatic heterocycles. The lowest BCUT2D eigenvalue weighted by Crippen LogP contribution is -2.34. The van der Waals surface area contributed by atoms with Crippen molar-refractivity contribution in [2.45, 2.75) is 32.8 Å². The van der Waals surface area contributed by atoms with Gasteiger partial charge in [0.15, 0.2) is 0 Å². The molecule has 2 N–H and O–H groups in total. The summed E-state index contributed by atoms with van der Waals surface area (Å²) in [4.78, 5) is 11.6. The lowest BCUT2D eigenvalue weighted by molar-refractivity contribution is 0.0500. The first-order valence-electron chi connectivity index (χ1n) is 9.10. The number of carbonyl (C=O) groups excluding carboxylic acids is 1. The van der Waals surface area contributed by atoms with E-state index in [2.05, 4.69) is 10.6 Å². The molecule has 0 saturated heterocycles. The first-order valence-corrected chi connectivity index (χ1v) is 9.85. The normalized spacial score (nSPS) is 11.2. The number of hydrogen-bond donors (Lipinski definition) is 2. The van der Waals surface area contributed by atoms with Crippen molar-refractivity contribution in [1.29, 1.82) is 0 Å². The summed E-state index contributed by atoms with van der Waals surface area (Å²) in [6.07, 6.45) is 0.264. The van der Waals surface area contributed by atoms with Gasteiger partial charge in [-0.3, -0.25) is 0 Å². The second-order valence-electron chi connectivity index (χ2n) is 7.17. The fourth-order valence-corrected chi connectivity index (χ4v) is 2.93. The summed E-state index contributed by atoms with van der Waals surface area (Å²) in [5.74, 6) is 0. The van der Waals surface area contributed by atoms with Crippen LogP contribution < -0.4 is 10.6 Å². The number of rotatable bonds is 8. The van der Waals surface area contributed by atoms with Crippen molar-refractivity contribution >= 4 is 40.7 Å². The Morgan fingerprint density at radius 2 is 1.68 bits per heavy atom. The molecule has 0 aliphatic rings. The van der Waals surface area contributed by atoms with E-state index in [1.807, 2.05) is 45.0 Å². The average Bonchev–Trinajstić information content (AvgIpc) is 2.61. The second-order valence-corrected chi connectivity index (χ2v) is 7.98. The molecular weight excluding hydrogens is 399 g/mol. The molecule has 28 heavy (non-hydrogen) atoms. The fourth-order valence-electron chi connectivity index (χ4n) is 2.44. The summed E-state index contributed by atoms with van der Waals surface area (Å²) in [7, 11) is 0. The van der Waals surface area contributed by atoms with Crippen LogP contribution in [0.3, 0.4) is 0 Å². The molecule has 2 aromatic rings. The van der Waals surface area contributed by atoms with Crippen molar-refractivity contribution in [2.24, 2.45) is 0 Å². The number of carbonyl (C=O) groups is 1. The Kier molecular flexibility index (Phi) is 8.42. The highest BCUT2D eigenvalue weighted by atomic mass is 35.5. The van der Waals surface area contributed by atoms with Gasteiger partial charge in [-0.05, 0) is 51.0 Å². The summed E-state index contributed by atoms with van der Waals surface area (Å²) in [6.45, 7) is 6.79. The van der Waals surface area contributed by atoms with E-state index < -0.39 is 11.7 Å². The Hall–Kier alpha value is -1.95. The fraction of sp³-hybridized carbons (Fsp3) is 0.381. The van der Waals surface area contributed by atoms with Crippen molar-refractivity contribution in [2.75, 3.05) is 25.1 Å². The number of ether oxygens (including phenoxy) is 2. The summed E-state index contributed by atoms with van der Waals surface area (Å²) >= 11 is 12.5. The molecule has 0 aliphatic heterocycles. The maximum atomic E-state index is 11.6. The Morgan fingerprint density at radius 3 is 2.36 bits per heavy atom. The third-order valence-corrected chi connectivity index (χ3v) is 4.30. The van der Waals surface area contributed by atoms with E-state index in [-0.39, 0.29) is 0 Å². The highest BCUT2D eigenvalue weighted by Gasteiger charge is 2.15. The molecule has 0 fully saturated rings. The van der Waals surface area contributed by atoms with Crippen LogP contribution in [0.15, 0.2) is 42.5 Å². The van der Waals surface area contributed by atoms with Crippen LogP contribution >= 0.6 is 23.2 Å². The van der Waals surface area contributed by atoms with Crippen LogP contribution in [0, 0.1) is 0 Å². The molecule has 0 aliphatic carbocycles. The van der Waals surface area contributed by atoms with Gasteiger partial charge in [-0.2, -0.15) is 0 Å². The van der Waals surface area contributed by atoms with Gasteiger partial charge in [-0.15, -0.1) is 0 Å². The molecule has 7 heteroatoms. The van der Waals surface area contributed by atoms with Crippen LogP contribution in [0.2, 0.25) is 10.0 Å². The molecule has 0 saturated carbocycles. The van der Waals surface area contributed by atoms with Crippen LogP contribution in [-0.4, -0.2) is 31.5 Å². The number of benzene rings is 2. The predicted octanol–water partition coefficient (Wildman–Crippen LogP) is 5.82. The topological polar surface area (TPSA) is 59.6 Å². The van der Waals surface area contributed by atoms with Crippen LogP contribution in [0.25, 0.3) is 0 Å². The van der Waals surface area contributed by atoms with Crippen LogP contribution in [0.1, 0.15) is 26.3 Å². The van der Waals surface area contributed by atoms with E-state index in [4.69, 9.17) is 32.7 Å². The zero-order chi connectivity index (χ0) is 20.6. The highest BCUT2D eigenvalue weighted by Crippen LogP contribution is 2.33. The van der Waals surface area contributed by atoms with Gasteiger partial charge in [-0.1, -0.05) is 47.5 Å². The van der Waals surface area contributed by atoms with E-state index in [1.165, 1.54) is 0 Å². The van der Waals surface area contributed by atoms with Crippen molar-refractivity contribution in [3.05, 3.63) is 58.1 Å². The number of nitrogens with one attached hydrogen (secondary N) is 2. The highest BCUT2D eigenvalue weighted by molar-refractivity contribution is 6.39. The number of para-hydroxylation sites is 2. The van der Waals surface area contributed by atoms with Gasteiger partial charge in [-0.25, -0.2) is 4.79 Å². The molecular formula is C21H26Cl2N2O3. The maximum Gasteiger partial charge on any atom is 0.407 e. The Morgan fingerprint density at radius 1 is 1.00 bits per heavy atom. The largest absolute Gasteiger partial charge is 0.444 e. The Balaban J connectivity index is 1.80. The average molecular weight is 425 g/mol. The van der Waals surface area contributed by atoms with Crippen LogP contribution in [-0.2, 0) is 15.9 Å². The molecule has 2 aromatic carbocycles. The third-order valence-electron chi connectivity index (χ3n) is 3.67. The number of halogens is 2. The minimum Gasteiger partial charge on any atom is -0.444 e. The number of anilines is 2. The van der Waals surface area contributed by atoms with E-state index in [1.54, 1.807) is 18.2 Å². The maximum absolute atomic E-state index is 11.6. The summed E-state index contributed by atoms with van der Waals surface area (Å²) in [5.41, 5.74) is 2.18. The number of alkyl carbamates (subject to hydrolysis) is 1. The van der Waals surface area contributed by atoms with Gasteiger partial charge in [0, 0.05) is 12.2 Å². The zero-order valence-corrected chi connectivity index (χ0v) is 17.9. The first kappa shape index (κ1) is 22.3. The van der Waals surface area contributed by atoms with E-state index in [0.717, 1.165) is 11.3 Å². The smallest absolute Gasteiger partial charge is 0.407 e. The van der Waals surface area contributed by atoms with Gasteiger partial charge in [0.2, 0.25) is 0 Å². The molecule has 0 radical (unpaired) electrons. The molecule has 2 rings (SSSR count). The van der Waals surface area contributed by atoms with Crippen molar-refractivity contribution < 1.29 is 14.3 Å². The van der Waals surface area contributed by atoms with Crippen molar-refractivity contribution in [3.63, 3.8) is 0 Å². The Labute approximate surface area is 176 Å². The van der Waals surface area contributed by atoms with Gasteiger partial charge in [0.05, 0.1) is 28.9 Å². The lowest BCUT2D eigenvalue weighted by atomic mass is 10.1. The minimum atomic E-state index is -0.508. The minimum absolute atomic E-state index is 0.393. The second kappa shape index (κ2) is 10.6. The van der Waals surface area contributed by atoms with Gasteiger partial charge < -0.3 is 20.1 Å². The Bertz CT molecular complexity index is 771. The van der Waals surface area contributed by atoms with Crippen molar-refractivity contribution in [3.8, 4) is 0 Å². The van der Waals surface area contributed by atoms with E-state index in [9.17, 15) is 4.79 Å². The van der Waals surface area contributed by atoms with Gasteiger partial charge >= 0.3 is 6.09 Å². The molecule has 1 amide bonds. The number of hydrogen-bond acceptors (Lipinski definition) is 4.